The number of nitrogens with zero attached hydrogens (tertiary/aromatic N) is 2. The predicted molar refractivity (Wildman–Crippen MR) is 98.7 cm³/mol. The number of ether oxygens (including phenoxy) is 1. The number of hydrogen-bond donors (Lipinski definition) is 1. The lowest BCUT2D eigenvalue weighted by atomic mass is 10.1. The normalized spacial score (nSPS) is 10.8. The molecule has 0 bridgehead atoms. The van der Waals surface area contributed by atoms with E-state index in [0.717, 1.165) is 35.3 Å². The molecule has 1 heterocycles. The molecule has 0 saturated heterocycles. The molecule has 2 aromatic carbocycles. The van der Waals surface area contributed by atoms with E-state index in [-0.39, 0.29) is 0 Å². The zero-order valence-corrected chi connectivity index (χ0v) is 14.2. The van der Waals surface area contributed by atoms with Crippen molar-refractivity contribution in [2.24, 2.45) is 0 Å². The van der Waals surface area contributed by atoms with E-state index in [9.17, 15) is 0 Å². The molecule has 1 N–H and O–H groups in total. The third-order valence-corrected chi connectivity index (χ3v) is 4.12. The molecular weight excluding hydrogens is 298 g/mol. The van der Waals surface area contributed by atoms with Crippen molar-refractivity contribution in [1.29, 1.82) is 0 Å². The maximum Gasteiger partial charge on any atom is 0.137 e. The highest BCUT2D eigenvalue weighted by molar-refractivity contribution is 5.88. The molecule has 0 aliphatic heterocycles. The van der Waals surface area contributed by atoms with Crippen molar-refractivity contribution < 1.29 is 4.74 Å². The standard InChI is InChI=1S/C20H23N3O/c1-3-15-8-7-9-16(4-2)19(15)24-13-12-21-20-17-10-5-6-11-18(17)22-14-23-20/h5-11,14H,3-4,12-13H2,1-2H3,(H,21,22,23). The molecule has 24 heavy (non-hydrogen) atoms. The van der Waals surface area contributed by atoms with Crippen molar-refractivity contribution in [3.8, 4) is 5.75 Å². The van der Waals surface area contributed by atoms with Crippen LogP contribution in [0.1, 0.15) is 25.0 Å². The van der Waals surface area contributed by atoms with Crippen LogP contribution in [0.4, 0.5) is 5.82 Å². The minimum atomic E-state index is 0.600. The first-order valence-electron chi connectivity index (χ1n) is 8.50. The number of para-hydroxylation sites is 2. The molecule has 0 spiro atoms. The van der Waals surface area contributed by atoms with Crippen LogP contribution in [0.2, 0.25) is 0 Å². The SMILES string of the molecule is CCc1cccc(CC)c1OCCNc1ncnc2ccccc12. The molecule has 0 aliphatic rings. The second-order valence-electron chi connectivity index (χ2n) is 5.63. The van der Waals surface area contributed by atoms with Crippen LogP contribution in [-0.2, 0) is 12.8 Å². The highest BCUT2D eigenvalue weighted by Gasteiger charge is 2.07. The number of rotatable bonds is 7. The first-order chi connectivity index (χ1) is 11.8. The number of nitrogens with one attached hydrogen (secondary N) is 1. The highest BCUT2D eigenvalue weighted by Crippen LogP contribution is 2.25. The summed E-state index contributed by atoms with van der Waals surface area (Å²) in [4.78, 5) is 8.62. The summed E-state index contributed by atoms with van der Waals surface area (Å²) in [6.07, 6.45) is 3.55. The Morgan fingerprint density at radius 2 is 1.67 bits per heavy atom. The Bertz CT molecular complexity index is 789. The van der Waals surface area contributed by atoms with E-state index in [1.54, 1.807) is 6.33 Å². The lowest BCUT2D eigenvalue weighted by Crippen LogP contribution is -2.14. The van der Waals surface area contributed by atoms with Crippen molar-refractivity contribution in [2.75, 3.05) is 18.5 Å². The molecule has 0 aliphatic carbocycles. The average Bonchev–Trinajstić information content (AvgIpc) is 2.65. The van der Waals surface area contributed by atoms with Gasteiger partial charge in [0.2, 0.25) is 0 Å². The van der Waals surface area contributed by atoms with Gasteiger partial charge >= 0.3 is 0 Å². The van der Waals surface area contributed by atoms with E-state index in [1.165, 1.54) is 11.1 Å². The molecule has 0 saturated carbocycles. The van der Waals surface area contributed by atoms with Gasteiger partial charge in [-0.25, -0.2) is 9.97 Å². The first-order valence-corrected chi connectivity index (χ1v) is 8.50. The van der Waals surface area contributed by atoms with Gasteiger partial charge < -0.3 is 10.1 Å². The smallest absolute Gasteiger partial charge is 0.137 e. The van der Waals surface area contributed by atoms with Crippen molar-refractivity contribution >= 4 is 16.7 Å². The van der Waals surface area contributed by atoms with E-state index in [0.29, 0.717) is 13.2 Å². The zero-order chi connectivity index (χ0) is 16.8. The van der Waals surface area contributed by atoms with Gasteiger partial charge in [-0.3, -0.25) is 0 Å². The molecular formula is C20H23N3O. The molecule has 4 nitrogen and oxygen atoms in total. The summed E-state index contributed by atoms with van der Waals surface area (Å²) in [6, 6.07) is 14.4. The number of aryl methyl sites for hydroxylation is 2. The number of hydrogen-bond acceptors (Lipinski definition) is 4. The summed E-state index contributed by atoms with van der Waals surface area (Å²) in [6.45, 7) is 5.62. The van der Waals surface area contributed by atoms with Crippen LogP contribution >= 0.6 is 0 Å². The molecule has 0 unspecified atom stereocenters. The summed E-state index contributed by atoms with van der Waals surface area (Å²) in [5.74, 6) is 1.89. The lowest BCUT2D eigenvalue weighted by Gasteiger charge is -2.15. The van der Waals surface area contributed by atoms with Gasteiger partial charge in [0.25, 0.3) is 0 Å². The molecule has 4 heteroatoms. The van der Waals surface area contributed by atoms with E-state index >= 15 is 0 Å². The molecule has 0 atom stereocenters. The zero-order valence-electron chi connectivity index (χ0n) is 14.2. The fraction of sp³-hybridized carbons (Fsp3) is 0.300. The Labute approximate surface area is 142 Å². The summed E-state index contributed by atoms with van der Waals surface area (Å²) < 4.78 is 6.08. The fourth-order valence-electron chi connectivity index (χ4n) is 2.85. The van der Waals surface area contributed by atoms with Crippen LogP contribution < -0.4 is 10.1 Å². The summed E-state index contributed by atoms with van der Waals surface area (Å²) in [5, 5.41) is 4.39. The van der Waals surface area contributed by atoms with Gasteiger partial charge in [-0.1, -0.05) is 44.2 Å². The minimum Gasteiger partial charge on any atom is -0.491 e. The van der Waals surface area contributed by atoms with Gasteiger partial charge in [0, 0.05) is 5.39 Å². The van der Waals surface area contributed by atoms with Crippen molar-refractivity contribution in [3.05, 3.63) is 59.9 Å². The quantitative estimate of drug-likeness (QED) is 0.661. The summed E-state index contributed by atoms with van der Waals surface area (Å²) >= 11 is 0. The van der Waals surface area contributed by atoms with E-state index in [4.69, 9.17) is 4.74 Å². The lowest BCUT2D eigenvalue weighted by molar-refractivity contribution is 0.326. The monoisotopic (exact) mass is 321 g/mol. The molecule has 0 fully saturated rings. The number of anilines is 1. The number of fused-ring (bicyclic) bond motifs is 1. The molecule has 0 radical (unpaired) electrons. The average molecular weight is 321 g/mol. The van der Waals surface area contributed by atoms with Crippen molar-refractivity contribution in [2.45, 2.75) is 26.7 Å². The van der Waals surface area contributed by atoms with Crippen LogP contribution in [0.5, 0.6) is 5.75 Å². The van der Waals surface area contributed by atoms with Crippen LogP contribution in [0.15, 0.2) is 48.8 Å². The van der Waals surface area contributed by atoms with E-state index in [2.05, 4.69) is 47.3 Å². The van der Waals surface area contributed by atoms with Gasteiger partial charge in [-0.2, -0.15) is 0 Å². The largest absolute Gasteiger partial charge is 0.491 e. The minimum absolute atomic E-state index is 0.600. The van der Waals surface area contributed by atoms with E-state index < -0.39 is 0 Å². The van der Waals surface area contributed by atoms with Gasteiger partial charge in [0.15, 0.2) is 0 Å². The Kier molecular flexibility index (Phi) is 5.26. The Hall–Kier alpha value is -2.62. The van der Waals surface area contributed by atoms with Crippen LogP contribution in [0.3, 0.4) is 0 Å². The second kappa shape index (κ2) is 7.77. The predicted octanol–water partition coefficient (Wildman–Crippen LogP) is 4.25. The Balaban J connectivity index is 1.65. The summed E-state index contributed by atoms with van der Waals surface area (Å²) in [5.41, 5.74) is 3.48. The maximum atomic E-state index is 6.08. The number of aromatic nitrogens is 2. The molecule has 3 aromatic rings. The third-order valence-electron chi connectivity index (χ3n) is 4.12. The van der Waals surface area contributed by atoms with Crippen LogP contribution in [0, 0.1) is 0 Å². The van der Waals surface area contributed by atoms with Gasteiger partial charge in [0.05, 0.1) is 12.1 Å². The molecule has 124 valence electrons. The molecule has 1 aromatic heterocycles. The van der Waals surface area contributed by atoms with Crippen molar-refractivity contribution in [3.63, 3.8) is 0 Å². The van der Waals surface area contributed by atoms with Gasteiger partial charge in [-0.15, -0.1) is 0 Å². The molecule has 3 rings (SSSR count). The Morgan fingerprint density at radius 1 is 0.917 bits per heavy atom. The maximum absolute atomic E-state index is 6.08. The Morgan fingerprint density at radius 3 is 2.42 bits per heavy atom. The topological polar surface area (TPSA) is 47.0 Å². The first kappa shape index (κ1) is 16.2. The fourth-order valence-corrected chi connectivity index (χ4v) is 2.85. The third kappa shape index (κ3) is 3.48. The number of benzene rings is 2. The second-order valence-corrected chi connectivity index (χ2v) is 5.63. The van der Waals surface area contributed by atoms with Gasteiger partial charge in [0.1, 0.15) is 24.5 Å². The summed E-state index contributed by atoms with van der Waals surface area (Å²) in [7, 11) is 0. The van der Waals surface area contributed by atoms with Crippen LogP contribution in [0.25, 0.3) is 10.9 Å². The highest BCUT2D eigenvalue weighted by atomic mass is 16.5. The van der Waals surface area contributed by atoms with E-state index in [1.807, 2.05) is 24.3 Å². The van der Waals surface area contributed by atoms with Crippen molar-refractivity contribution in [1.82, 2.24) is 9.97 Å². The van der Waals surface area contributed by atoms with Gasteiger partial charge in [-0.05, 0) is 36.1 Å². The molecule has 0 amide bonds. The van der Waals surface area contributed by atoms with Crippen LogP contribution in [-0.4, -0.2) is 23.1 Å².